The standard InChI is InChI=1S/C11H14O4/c1-8(11(13)14)15-7-10-4-2-9(6-12)3-5-10/h2-5,8,12H,6-7H2,1H3,(H,13,14)/t8-/m0/s1. The third-order valence-corrected chi connectivity index (χ3v) is 2.05. The summed E-state index contributed by atoms with van der Waals surface area (Å²) < 4.78 is 5.10. The van der Waals surface area contributed by atoms with Crippen LogP contribution in [0.25, 0.3) is 0 Å². The first-order valence-corrected chi connectivity index (χ1v) is 4.66. The van der Waals surface area contributed by atoms with Crippen molar-refractivity contribution < 1.29 is 19.7 Å². The van der Waals surface area contributed by atoms with Gasteiger partial charge in [-0.1, -0.05) is 24.3 Å². The summed E-state index contributed by atoms with van der Waals surface area (Å²) in [4.78, 5) is 10.5. The fourth-order valence-electron chi connectivity index (χ4n) is 1.03. The number of benzene rings is 1. The Labute approximate surface area is 88.1 Å². The summed E-state index contributed by atoms with van der Waals surface area (Å²) in [5.41, 5.74) is 1.71. The van der Waals surface area contributed by atoms with Gasteiger partial charge in [0.15, 0.2) is 6.10 Å². The molecular weight excluding hydrogens is 196 g/mol. The molecular formula is C11H14O4. The topological polar surface area (TPSA) is 66.8 Å². The number of carboxylic acids is 1. The minimum absolute atomic E-state index is 0.00661. The molecule has 0 spiro atoms. The van der Waals surface area contributed by atoms with Crippen LogP contribution in [0.1, 0.15) is 18.1 Å². The zero-order valence-electron chi connectivity index (χ0n) is 8.51. The Hall–Kier alpha value is -1.39. The maximum absolute atomic E-state index is 10.5. The molecule has 4 heteroatoms. The molecule has 0 fully saturated rings. The van der Waals surface area contributed by atoms with Crippen LogP contribution in [-0.4, -0.2) is 22.3 Å². The Bertz CT molecular complexity index is 318. The van der Waals surface area contributed by atoms with E-state index in [1.54, 1.807) is 24.3 Å². The highest BCUT2D eigenvalue weighted by atomic mass is 16.5. The summed E-state index contributed by atoms with van der Waals surface area (Å²) in [5.74, 6) is -0.970. The lowest BCUT2D eigenvalue weighted by Gasteiger charge is -2.08. The van der Waals surface area contributed by atoms with Crippen LogP contribution in [-0.2, 0) is 22.7 Å². The SMILES string of the molecule is C[C@H](OCc1ccc(CO)cc1)C(=O)O. The number of carboxylic acid groups (broad SMARTS) is 1. The van der Waals surface area contributed by atoms with Crippen molar-refractivity contribution in [1.29, 1.82) is 0 Å². The molecule has 0 aliphatic carbocycles. The van der Waals surface area contributed by atoms with E-state index < -0.39 is 12.1 Å². The van der Waals surface area contributed by atoms with Crippen LogP contribution in [0.5, 0.6) is 0 Å². The first-order chi connectivity index (χ1) is 7.13. The molecule has 2 N–H and O–H groups in total. The highest BCUT2D eigenvalue weighted by molar-refractivity contribution is 5.71. The van der Waals surface area contributed by atoms with Gasteiger partial charge in [0.2, 0.25) is 0 Å². The zero-order valence-corrected chi connectivity index (χ0v) is 8.51. The zero-order chi connectivity index (χ0) is 11.3. The molecule has 0 saturated heterocycles. The Morgan fingerprint density at radius 3 is 2.33 bits per heavy atom. The van der Waals surface area contributed by atoms with Gasteiger partial charge in [-0.15, -0.1) is 0 Å². The van der Waals surface area contributed by atoms with E-state index in [1.807, 2.05) is 0 Å². The van der Waals surface area contributed by atoms with Gasteiger partial charge in [-0.25, -0.2) is 4.79 Å². The lowest BCUT2D eigenvalue weighted by atomic mass is 10.1. The molecule has 15 heavy (non-hydrogen) atoms. The second-order valence-electron chi connectivity index (χ2n) is 3.27. The number of hydrogen-bond acceptors (Lipinski definition) is 3. The molecule has 0 aliphatic heterocycles. The first kappa shape index (κ1) is 11.7. The van der Waals surface area contributed by atoms with E-state index >= 15 is 0 Å². The monoisotopic (exact) mass is 210 g/mol. The molecule has 1 rings (SSSR count). The molecule has 1 aromatic carbocycles. The van der Waals surface area contributed by atoms with Gasteiger partial charge in [0, 0.05) is 0 Å². The molecule has 0 radical (unpaired) electrons. The average Bonchev–Trinajstić information content (AvgIpc) is 2.26. The van der Waals surface area contributed by atoms with Crippen LogP contribution < -0.4 is 0 Å². The smallest absolute Gasteiger partial charge is 0.332 e. The fourth-order valence-corrected chi connectivity index (χ4v) is 1.03. The van der Waals surface area contributed by atoms with E-state index in [-0.39, 0.29) is 13.2 Å². The van der Waals surface area contributed by atoms with Crippen molar-refractivity contribution in [3.8, 4) is 0 Å². The van der Waals surface area contributed by atoms with Crippen LogP contribution in [0, 0.1) is 0 Å². The minimum atomic E-state index is -0.970. The van der Waals surface area contributed by atoms with Crippen molar-refractivity contribution in [2.75, 3.05) is 0 Å². The number of carbonyl (C=O) groups is 1. The van der Waals surface area contributed by atoms with Crippen LogP contribution in [0.3, 0.4) is 0 Å². The molecule has 0 unspecified atom stereocenters. The maximum Gasteiger partial charge on any atom is 0.332 e. The van der Waals surface area contributed by atoms with Crippen molar-refractivity contribution in [3.63, 3.8) is 0 Å². The van der Waals surface area contributed by atoms with Crippen LogP contribution in [0.2, 0.25) is 0 Å². The second-order valence-corrected chi connectivity index (χ2v) is 3.27. The van der Waals surface area contributed by atoms with Gasteiger partial charge in [0.1, 0.15) is 0 Å². The number of aliphatic carboxylic acids is 1. The van der Waals surface area contributed by atoms with Crippen molar-refractivity contribution in [1.82, 2.24) is 0 Å². The number of aliphatic hydroxyl groups is 1. The molecule has 0 amide bonds. The van der Waals surface area contributed by atoms with E-state index in [0.29, 0.717) is 0 Å². The summed E-state index contributed by atoms with van der Waals surface area (Å²) in [7, 11) is 0. The van der Waals surface area contributed by atoms with Gasteiger partial charge in [0.05, 0.1) is 13.2 Å². The molecule has 0 bridgehead atoms. The van der Waals surface area contributed by atoms with Crippen molar-refractivity contribution >= 4 is 5.97 Å². The van der Waals surface area contributed by atoms with E-state index in [2.05, 4.69) is 0 Å². The highest BCUT2D eigenvalue weighted by Gasteiger charge is 2.10. The Morgan fingerprint density at radius 2 is 1.87 bits per heavy atom. The maximum atomic E-state index is 10.5. The number of aliphatic hydroxyl groups excluding tert-OH is 1. The van der Waals surface area contributed by atoms with Crippen LogP contribution >= 0.6 is 0 Å². The number of ether oxygens (including phenoxy) is 1. The number of hydrogen-bond donors (Lipinski definition) is 2. The van der Waals surface area contributed by atoms with E-state index in [9.17, 15) is 4.79 Å². The lowest BCUT2D eigenvalue weighted by molar-refractivity contribution is -0.149. The molecule has 0 aromatic heterocycles. The fraction of sp³-hybridized carbons (Fsp3) is 0.364. The van der Waals surface area contributed by atoms with Gasteiger partial charge in [-0.05, 0) is 18.1 Å². The highest BCUT2D eigenvalue weighted by Crippen LogP contribution is 2.07. The van der Waals surface area contributed by atoms with Crippen molar-refractivity contribution in [2.24, 2.45) is 0 Å². The van der Waals surface area contributed by atoms with Crippen molar-refractivity contribution in [2.45, 2.75) is 26.2 Å². The molecule has 82 valence electrons. The van der Waals surface area contributed by atoms with E-state index in [0.717, 1.165) is 11.1 Å². The molecule has 0 heterocycles. The first-order valence-electron chi connectivity index (χ1n) is 4.66. The van der Waals surface area contributed by atoms with Gasteiger partial charge in [-0.3, -0.25) is 0 Å². The van der Waals surface area contributed by atoms with Crippen LogP contribution in [0.4, 0.5) is 0 Å². The molecule has 1 aromatic rings. The molecule has 1 atom stereocenters. The quantitative estimate of drug-likeness (QED) is 0.765. The van der Waals surface area contributed by atoms with Gasteiger partial charge in [-0.2, -0.15) is 0 Å². The molecule has 0 aliphatic rings. The largest absolute Gasteiger partial charge is 0.479 e. The third kappa shape index (κ3) is 3.69. The third-order valence-electron chi connectivity index (χ3n) is 2.05. The summed E-state index contributed by atoms with van der Waals surface area (Å²) in [5, 5.41) is 17.4. The predicted molar refractivity (Wildman–Crippen MR) is 54.3 cm³/mol. The Kier molecular flexibility index (Phi) is 4.27. The predicted octanol–water partition coefficient (Wildman–Crippen LogP) is 1.17. The Balaban J connectivity index is 2.47. The van der Waals surface area contributed by atoms with Crippen molar-refractivity contribution in [3.05, 3.63) is 35.4 Å². The second kappa shape index (κ2) is 5.48. The number of rotatable bonds is 5. The van der Waals surface area contributed by atoms with Gasteiger partial charge >= 0.3 is 5.97 Å². The molecule has 4 nitrogen and oxygen atoms in total. The summed E-state index contributed by atoms with van der Waals surface area (Å²) >= 11 is 0. The average molecular weight is 210 g/mol. The normalized spacial score (nSPS) is 12.4. The minimum Gasteiger partial charge on any atom is -0.479 e. The molecule has 0 saturated carbocycles. The van der Waals surface area contributed by atoms with Crippen LogP contribution in [0.15, 0.2) is 24.3 Å². The van der Waals surface area contributed by atoms with Gasteiger partial charge < -0.3 is 14.9 Å². The Morgan fingerprint density at radius 1 is 1.33 bits per heavy atom. The summed E-state index contributed by atoms with van der Waals surface area (Å²) in [6.07, 6.45) is -0.803. The summed E-state index contributed by atoms with van der Waals surface area (Å²) in [6, 6.07) is 7.18. The summed E-state index contributed by atoms with van der Waals surface area (Å²) in [6.45, 7) is 1.76. The van der Waals surface area contributed by atoms with Gasteiger partial charge in [0.25, 0.3) is 0 Å². The lowest BCUT2D eigenvalue weighted by Crippen LogP contribution is -2.19. The van der Waals surface area contributed by atoms with E-state index in [1.165, 1.54) is 6.92 Å². The van der Waals surface area contributed by atoms with E-state index in [4.69, 9.17) is 14.9 Å².